The molecule has 0 radical (unpaired) electrons. The SMILES string of the molecule is CC(C)(C)OC(=O)N1CCC(C2CN(C3CCN(C(=O)OCc4ccccc4)CC3)C2)CC1. The largest absolute Gasteiger partial charge is 0.445 e. The van der Waals surface area contributed by atoms with Gasteiger partial charge in [-0.1, -0.05) is 30.3 Å². The molecular weight excluding hydrogens is 418 g/mol. The van der Waals surface area contributed by atoms with Crippen LogP contribution in [0.2, 0.25) is 0 Å². The lowest BCUT2D eigenvalue weighted by molar-refractivity contribution is -0.0240. The molecule has 0 aromatic heterocycles. The number of amides is 2. The van der Waals surface area contributed by atoms with Gasteiger partial charge in [-0.05, 0) is 63.9 Å². The molecule has 0 saturated carbocycles. The van der Waals surface area contributed by atoms with Crippen molar-refractivity contribution in [3.05, 3.63) is 35.9 Å². The number of piperidine rings is 2. The Bertz CT molecular complexity index is 788. The van der Waals surface area contributed by atoms with Crippen LogP contribution in [0.1, 0.15) is 52.0 Å². The zero-order valence-electron chi connectivity index (χ0n) is 20.4. The monoisotopic (exact) mass is 457 g/mol. The first-order valence-electron chi connectivity index (χ1n) is 12.5. The second kappa shape index (κ2) is 10.3. The number of ether oxygens (including phenoxy) is 2. The normalized spacial score (nSPS) is 21.5. The van der Waals surface area contributed by atoms with Crippen LogP contribution in [-0.4, -0.2) is 77.8 Å². The molecule has 1 aromatic carbocycles. The van der Waals surface area contributed by atoms with Crippen LogP contribution in [-0.2, 0) is 16.1 Å². The lowest BCUT2D eigenvalue weighted by Crippen LogP contribution is -2.58. The third-order valence-corrected chi connectivity index (χ3v) is 7.24. The van der Waals surface area contributed by atoms with E-state index in [0.29, 0.717) is 18.6 Å². The second-order valence-corrected chi connectivity index (χ2v) is 10.8. The van der Waals surface area contributed by atoms with E-state index in [4.69, 9.17) is 9.47 Å². The number of benzene rings is 1. The fourth-order valence-electron chi connectivity index (χ4n) is 5.25. The fraction of sp³-hybridized carbons (Fsp3) is 0.692. The Kier molecular flexibility index (Phi) is 7.47. The maximum Gasteiger partial charge on any atom is 0.410 e. The molecule has 0 atom stereocenters. The number of hydrogen-bond donors (Lipinski definition) is 0. The van der Waals surface area contributed by atoms with Crippen molar-refractivity contribution >= 4 is 12.2 Å². The summed E-state index contributed by atoms with van der Waals surface area (Å²) in [5.74, 6) is 1.44. The van der Waals surface area contributed by atoms with Crippen molar-refractivity contribution in [2.45, 2.75) is 64.7 Å². The van der Waals surface area contributed by atoms with Crippen LogP contribution in [0.15, 0.2) is 30.3 Å². The molecule has 3 saturated heterocycles. The molecule has 182 valence electrons. The highest BCUT2D eigenvalue weighted by Gasteiger charge is 2.40. The van der Waals surface area contributed by atoms with Crippen molar-refractivity contribution in [1.82, 2.24) is 14.7 Å². The first-order valence-corrected chi connectivity index (χ1v) is 12.5. The van der Waals surface area contributed by atoms with E-state index in [1.165, 1.54) is 0 Å². The molecule has 0 aliphatic carbocycles. The second-order valence-electron chi connectivity index (χ2n) is 10.8. The van der Waals surface area contributed by atoms with Crippen molar-refractivity contribution in [3.8, 4) is 0 Å². The van der Waals surface area contributed by atoms with Crippen LogP contribution in [0.3, 0.4) is 0 Å². The Balaban J connectivity index is 1.12. The maximum absolute atomic E-state index is 12.4. The van der Waals surface area contributed by atoms with Crippen LogP contribution in [0.25, 0.3) is 0 Å². The summed E-state index contributed by atoms with van der Waals surface area (Å²) in [5, 5.41) is 0. The fourth-order valence-corrected chi connectivity index (χ4v) is 5.25. The van der Waals surface area contributed by atoms with E-state index in [-0.39, 0.29) is 12.2 Å². The van der Waals surface area contributed by atoms with E-state index in [9.17, 15) is 9.59 Å². The third kappa shape index (κ3) is 6.40. The minimum Gasteiger partial charge on any atom is -0.445 e. The molecule has 4 rings (SSSR count). The van der Waals surface area contributed by atoms with Crippen LogP contribution in [0.5, 0.6) is 0 Å². The first kappa shape index (κ1) is 23.9. The van der Waals surface area contributed by atoms with Gasteiger partial charge in [-0.25, -0.2) is 9.59 Å². The lowest BCUT2D eigenvalue weighted by atomic mass is 9.78. The highest BCUT2D eigenvalue weighted by molar-refractivity contribution is 5.68. The van der Waals surface area contributed by atoms with Crippen molar-refractivity contribution in [2.75, 3.05) is 39.3 Å². The number of likely N-dealkylation sites (tertiary alicyclic amines) is 3. The zero-order chi connectivity index (χ0) is 23.4. The smallest absolute Gasteiger partial charge is 0.410 e. The van der Waals surface area contributed by atoms with Gasteiger partial charge in [-0.2, -0.15) is 0 Å². The van der Waals surface area contributed by atoms with E-state index >= 15 is 0 Å². The van der Waals surface area contributed by atoms with Crippen LogP contribution in [0.4, 0.5) is 9.59 Å². The summed E-state index contributed by atoms with van der Waals surface area (Å²) in [7, 11) is 0. The van der Waals surface area contributed by atoms with Crippen molar-refractivity contribution in [2.24, 2.45) is 11.8 Å². The van der Waals surface area contributed by atoms with Crippen molar-refractivity contribution < 1.29 is 19.1 Å². The quantitative estimate of drug-likeness (QED) is 0.672. The van der Waals surface area contributed by atoms with Crippen LogP contribution in [0, 0.1) is 11.8 Å². The predicted molar refractivity (Wildman–Crippen MR) is 127 cm³/mol. The van der Waals surface area contributed by atoms with E-state index in [1.54, 1.807) is 0 Å². The highest BCUT2D eigenvalue weighted by Crippen LogP contribution is 2.35. The summed E-state index contributed by atoms with van der Waals surface area (Å²) in [6.45, 7) is 11.5. The van der Waals surface area contributed by atoms with Gasteiger partial charge in [0, 0.05) is 45.3 Å². The Labute approximate surface area is 198 Å². The van der Waals surface area contributed by atoms with Gasteiger partial charge < -0.3 is 19.3 Å². The number of carbonyl (C=O) groups is 2. The summed E-state index contributed by atoms with van der Waals surface area (Å²) in [5.41, 5.74) is 0.584. The molecule has 3 aliphatic rings. The van der Waals surface area contributed by atoms with E-state index < -0.39 is 5.60 Å². The molecule has 3 aliphatic heterocycles. The van der Waals surface area contributed by atoms with Gasteiger partial charge in [-0.3, -0.25) is 4.90 Å². The molecule has 0 N–H and O–H groups in total. The van der Waals surface area contributed by atoms with Gasteiger partial charge in [0.15, 0.2) is 0 Å². The first-order chi connectivity index (χ1) is 15.8. The molecule has 0 bridgehead atoms. The molecule has 7 heteroatoms. The summed E-state index contributed by atoms with van der Waals surface area (Å²) in [4.78, 5) is 31.0. The van der Waals surface area contributed by atoms with Gasteiger partial charge in [-0.15, -0.1) is 0 Å². The van der Waals surface area contributed by atoms with E-state index in [0.717, 1.165) is 76.4 Å². The minimum atomic E-state index is -0.434. The molecular formula is C26H39N3O4. The zero-order valence-corrected chi connectivity index (χ0v) is 20.4. The average Bonchev–Trinajstić information content (AvgIpc) is 2.77. The number of rotatable bonds is 4. The molecule has 3 heterocycles. The maximum atomic E-state index is 12.4. The lowest BCUT2D eigenvalue weighted by Gasteiger charge is -2.50. The van der Waals surface area contributed by atoms with Crippen LogP contribution >= 0.6 is 0 Å². The summed E-state index contributed by atoms with van der Waals surface area (Å²) in [6, 6.07) is 10.4. The Hall–Kier alpha value is -2.28. The van der Waals surface area contributed by atoms with Crippen molar-refractivity contribution in [1.29, 1.82) is 0 Å². The molecule has 7 nitrogen and oxygen atoms in total. The topological polar surface area (TPSA) is 62.3 Å². The molecule has 2 amide bonds. The van der Waals surface area contributed by atoms with Crippen molar-refractivity contribution in [3.63, 3.8) is 0 Å². The Morgan fingerprint density at radius 3 is 2.03 bits per heavy atom. The minimum absolute atomic E-state index is 0.176. The van der Waals surface area contributed by atoms with Gasteiger partial charge in [0.1, 0.15) is 12.2 Å². The standard InChI is InChI=1S/C26H39N3O4/c1-26(2,3)33-25(31)28-13-9-21(10-14-28)22-17-29(18-22)23-11-15-27(16-12-23)24(30)32-19-20-7-5-4-6-8-20/h4-8,21-23H,9-19H2,1-3H3. The summed E-state index contributed by atoms with van der Waals surface area (Å²) in [6.07, 6.45) is 3.81. The Morgan fingerprint density at radius 2 is 1.42 bits per heavy atom. The average molecular weight is 458 g/mol. The van der Waals surface area contributed by atoms with Crippen LogP contribution < -0.4 is 0 Å². The third-order valence-electron chi connectivity index (χ3n) is 7.24. The molecule has 0 unspecified atom stereocenters. The van der Waals surface area contributed by atoms with Gasteiger partial charge in [0.2, 0.25) is 0 Å². The Morgan fingerprint density at radius 1 is 0.848 bits per heavy atom. The molecule has 1 aromatic rings. The number of nitrogens with zero attached hydrogens (tertiary/aromatic N) is 3. The van der Waals surface area contributed by atoms with Gasteiger partial charge in [0.25, 0.3) is 0 Å². The number of carbonyl (C=O) groups excluding carboxylic acids is 2. The van der Waals surface area contributed by atoms with Gasteiger partial charge >= 0.3 is 12.2 Å². The molecule has 3 fully saturated rings. The summed E-state index contributed by atoms with van der Waals surface area (Å²) < 4.78 is 11.0. The van der Waals surface area contributed by atoms with Gasteiger partial charge in [0.05, 0.1) is 0 Å². The highest BCUT2D eigenvalue weighted by atomic mass is 16.6. The van der Waals surface area contributed by atoms with E-state index in [1.807, 2.05) is 60.9 Å². The predicted octanol–water partition coefficient (Wildman–Crippen LogP) is 4.37. The molecule has 0 spiro atoms. The van der Waals surface area contributed by atoms with E-state index in [2.05, 4.69) is 4.90 Å². The summed E-state index contributed by atoms with van der Waals surface area (Å²) >= 11 is 0. The number of hydrogen-bond acceptors (Lipinski definition) is 5. The molecule has 33 heavy (non-hydrogen) atoms.